The Kier molecular flexibility index (Phi) is 2.15. The second-order valence-corrected chi connectivity index (χ2v) is 5.64. The number of aliphatic hydroxyl groups excluding tert-OH is 1. The van der Waals surface area contributed by atoms with Crippen LogP contribution >= 0.6 is 0 Å². The molecule has 3 heteroatoms. The average Bonchev–Trinajstić information content (AvgIpc) is 2.56. The SMILES string of the molecule is C[C@]12CC=C3OC(=O)CC[C@H]3[C@@H]1CC[C@@H]2O. The van der Waals surface area contributed by atoms with E-state index in [1.807, 2.05) is 6.08 Å². The molecular formula is C13H18O3. The Morgan fingerprint density at radius 1 is 1.44 bits per heavy atom. The molecule has 0 aromatic heterocycles. The third-order valence-electron chi connectivity index (χ3n) is 4.84. The lowest BCUT2D eigenvalue weighted by molar-refractivity contribution is -0.145. The lowest BCUT2D eigenvalue weighted by atomic mass is 9.64. The molecule has 0 spiro atoms. The van der Waals surface area contributed by atoms with Crippen LogP contribution in [0.2, 0.25) is 0 Å². The van der Waals surface area contributed by atoms with Crippen molar-refractivity contribution < 1.29 is 14.6 Å². The first kappa shape index (κ1) is 10.3. The van der Waals surface area contributed by atoms with Crippen molar-refractivity contribution in [1.82, 2.24) is 0 Å². The van der Waals surface area contributed by atoms with E-state index in [-0.39, 0.29) is 17.5 Å². The first-order valence-corrected chi connectivity index (χ1v) is 6.20. The summed E-state index contributed by atoms with van der Waals surface area (Å²) in [5, 5.41) is 10.1. The molecular weight excluding hydrogens is 204 g/mol. The first-order chi connectivity index (χ1) is 7.61. The van der Waals surface area contributed by atoms with Gasteiger partial charge in [0.25, 0.3) is 0 Å². The van der Waals surface area contributed by atoms with Gasteiger partial charge in [-0.15, -0.1) is 0 Å². The molecule has 1 saturated carbocycles. The van der Waals surface area contributed by atoms with E-state index in [9.17, 15) is 9.90 Å². The third kappa shape index (κ3) is 1.27. The number of hydrogen-bond acceptors (Lipinski definition) is 3. The fourth-order valence-electron chi connectivity index (χ4n) is 3.78. The van der Waals surface area contributed by atoms with Gasteiger partial charge >= 0.3 is 5.97 Å². The number of allylic oxidation sites excluding steroid dienone is 2. The molecule has 1 aliphatic heterocycles. The smallest absolute Gasteiger partial charge is 0.310 e. The van der Waals surface area contributed by atoms with Crippen LogP contribution < -0.4 is 0 Å². The Bertz CT molecular complexity index is 360. The normalized spacial score (nSPS) is 46.8. The highest BCUT2D eigenvalue weighted by Gasteiger charge is 2.52. The number of rotatable bonds is 0. The van der Waals surface area contributed by atoms with E-state index < -0.39 is 0 Å². The summed E-state index contributed by atoms with van der Waals surface area (Å²) in [7, 11) is 0. The van der Waals surface area contributed by atoms with Gasteiger partial charge in [0.2, 0.25) is 0 Å². The molecule has 0 unspecified atom stereocenters. The van der Waals surface area contributed by atoms with Gasteiger partial charge in [0.15, 0.2) is 0 Å². The van der Waals surface area contributed by atoms with Gasteiger partial charge in [0.05, 0.1) is 6.10 Å². The van der Waals surface area contributed by atoms with Crippen LogP contribution in [0.3, 0.4) is 0 Å². The zero-order valence-electron chi connectivity index (χ0n) is 9.61. The molecule has 1 saturated heterocycles. The fourth-order valence-corrected chi connectivity index (χ4v) is 3.78. The van der Waals surface area contributed by atoms with Crippen molar-refractivity contribution in [2.45, 2.75) is 45.1 Å². The average molecular weight is 222 g/mol. The summed E-state index contributed by atoms with van der Waals surface area (Å²) in [6, 6.07) is 0. The molecule has 3 nitrogen and oxygen atoms in total. The predicted octanol–water partition coefficient (Wildman–Crippen LogP) is 2.00. The fraction of sp³-hybridized carbons (Fsp3) is 0.769. The Labute approximate surface area is 95.5 Å². The van der Waals surface area contributed by atoms with E-state index in [0.717, 1.165) is 31.4 Å². The molecule has 0 amide bonds. The number of aliphatic hydroxyl groups is 1. The van der Waals surface area contributed by atoms with Gasteiger partial charge in [-0.1, -0.05) is 6.92 Å². The number of esters is 1. The molecule has 2 fully saturated rings. The van der Waals surface area contributed by atoms with Crippen molar-refractivity contribution >= 4 is 5.97 Å². The van der Waals surface area contributed by atoms with Gasteiger partial charge in [-0.25, -0.2) is 0 Å². The number of ether oxygens (including phenoxy) is 1. The molecule has 3 rings (SSSR count). The molecule has 1 heterocycles. The van der Waals surface area contributed by atoms with Crippen molar-refractivity contribution in [3.63, 3.8) is 0 Å². The Hall–Kier alpha value is -0.830. The van der Waals surface area contributed by atoms with Crippen LogP contribution in [0.4, 0.5) is 0 Å². The molecule has 0 bridgehead atoms. The predicted molar refractivity (Wildman–Crippen MR) is 58.4 cm³/mol. The number of fused-ring (bicyclic) bond motifs is 3. The van der Waals surface area contributed by atoms with Crippen LogP contribution in [0.5, 0.6) is 0 Å². The van der Waals surface area contributed by atoms with Crippen LogP contribution in [0.25, 0.3) is 0 Å². The second kappa shape index (κ2) is 3.33. The highest BCUT2D eigenvalue weighted by Crippen LogP contribution is 2.56. The Morgan fingerprint density at radius 3 is 3.06 bits per heavy atom. The van der Waals surface area contributed by atoms with Gasteiger partial charge in [-0.2, -0.15) is 0 Å². The largest absolute Gasteiger partial charge is 0.431 e. The molecule has 0 aromatic rings. The summed E-state index contributed by atoms with van der Waals surface area (Å²) < 4.78 is 5.32. The van der Waals surface area contributed by atoms with Crippen molar-refractivity contribution in [2.24, 2.45) is 17.3 Å². The quantitative estimate of drug-likeness (QED) is 0.638. The van der Waals surface area contributed by atoms with Crippen LogP contribution in [0.1, 0.15) is 39.0 Å². The maximum absolute atomic E-state index is 11.2. The molecule has 1 N–H and O–H groups in total. The molecule has 2 aliphatic carbocycles. The number of carbonyl (C=O) groups excluding carboxylic acids is 1. The van der Waals surface area contributed by atoms with Gasteiger partial charge in [-0.3, -0.25) is 4.79 Å². The number of hydrogen-bond donors (Lipinski definition) is 1. The second-order valence-electron chi connectivity index (χ2n) is 5.64. The molecule has 4 atom stereocenters. The van der Waals surface area contributed by atoms with Crippen LogP contribution in [-0.2, 0) is 9.53 Å². The highest BCUT2D eigenvalue weighted by molar-refractivity contribution is 5.71. The van der Waals surface area contributed by atoms with Gasteiger partial charge in [0, 0.05) is 17.8 Å². The van der Waals surface area contributed by atoms with Crippen molar-refractivity contribution in [3.8, 4) is 0 Å². The summed E-state index contributed by atoms with van der Waals surface area (Å²) in [6.07, 6.45) is 6.09. The minimum absolute atomic E-state index is 0.0118. The van der Waals surface area contributed by atoms with Gasteiger partial charge < -0.3 is 9.84 Å². The third-order valence-corrected chi connectivity index (χ3v) is 4.84. The van der Waals surface area contributed by atoms with E-state index in [1.54, 1.807) is 0 Å². The van der Waals surface area contributed by atoms with E-state index in [4.69, 9.17) is 4.74 Å². The maximum Gasteiger partial charge on any atom is 0.310 e. The zero-order chi connectivity index (χ0) is 11.3. The van der Waals surface area contributed by atoms with E-state index >= 15 is 0 Å². The summed E-state index contributed by atoms with van der Waals surface area (Å²) in [5.74, 6) is 1.65. The van der Waals surface area contributed by atoms with Gasteiger partial charge in [0.1, 0.15) is 5.76 Å². The van der Waals surface area contributed by atoms with Crippen molar-refractivity contribution in [1.29, 1.82) is 0 Å². The first-order valence-electron chi connectivity index (χ1n) is 6.20. The van der Waals surface area contributed by atoms with Crippen LogP contribution in [0, 0.1) is 17.3 Å². The summed E-state index contributed by atoms with van der Waals surface area (Å²) in [6.45, 7) is 2.18. The molecule has 0 radical (unpaired) electrons. The molecule has 0 aromatic carbocycles. The lowest BCUT2D eigenvalue weighted by Crippen LogP contribution is -2.41. The van der Waals surface area contributed by atoms with Gasteiger partial charge in [-0.05, 0) is 37.7 Å². The summed E-state index contributed by atoms with van der Waals surface area (Å²) in [5.41, 5.74) is 0.0118. The van der Waals surface area contributed by atoms with Crippen LogP contribution in [0.15, 0.2) is 11.8 Å². The Morgan fingerprint density at radius 2 is 2.25 bits per heavy atom. The van der Waals surface area contributed by atoms with E-state index in [1.165, 1.54) is 0 Å². The topological polar surface area (TPSA) is 46.5 Å². The van der Waals surface area contributed by atoms with E-state index in [0.29, 0.717) is 18.3 Å². The minimum Gasteiger partial charge on any atom is -0.431 e. The zero-order valence-corrected chi connectivity index (χ0v) is 9.61. The number of carbonyl (C=O) groups is 1. The summed E-state index contributed by atoms with van der Waals surface area (Å²) >= 11 is 0. The minimum atomic E-state index is -0.187. The molecule has 88 valence electrons. The molecule has 16 heavy (non-hydrogen) atoms. The van der Waals surface area contributed by atoms with Crippen molar-refractivity contribution in [2.75, 3.05) is 0 Å². The maximum atomic E-state index is 11.2. The van der Waals surface area contributed by atoms with E-state index in [2.05, 4.69) is 6.92 Å². The van der Waals surface area contributed by atoms with Crippen molar-refractivity contribution in [3.05, 3.63) is 11.8 Å². The Balaban J connectivity index is 1.93. The summed E-state index contributed by atoms with van der Waals surface area (Å²) in [4.78, 5) is 11.2. The molecule has 3 aliphatic rings. The lowest BCUT2D eigenvalue weighted by Gasteiger charge is -2.43. The highest BCUT2D eigenvalue weighted by atomic mass is 16.5. The monoisotopic (exact) mass is 222 g/mol. The van der Waals surface area contributed by atoms with Crippen LogP contribution in [-0.4, -0.2) is 17.2 Å². The standard InChI is InChI=1S/C13H18O3/c1-13-7-6-10-8(2-5-12(15)16-10)9(13)3-4-11(13)14/h6,8-9,11,14H,2-5,7H2,1H3/t8-,9-,11-,13-/m0/s1.